The molecular formula is C25H24FN3O4. The third kappa shape index (κ3) is 3.69. The Bertz CT molecular complexity index is 1220. The van der Waals surface area contributed by atoms with Gasteiger partial charge in [-0.2, -0.15) is 0 Å². The first-order valence-corrected chi connectivity index (χ1v) is 11.1. The maximum Gasteiger partial charge on any atom is 0.240 e. The maximum absolute atomic E-state index is 14.0. The van der Waals surface area contributed by atoms with Gasteiger partial charge in [-0.1, -0.05) is 24.3 Å². The van der Waals surface area contributed by atoms with Gasteiger partial charge >= 0.3 is 0 Å². The van der Waals surface area contributed by atoms with Crippen molar-refractivity contribution in [2.24, 2.45) is 0 Å². The van der Waals surface area contributed by atoms with Crippen LogP contribution in [0, 0.1) is 5.82 Å². The fourth-order valence-corrected chi connectivity index (χ4v) is 4.98. The van der Waals surface area contributed by atoms with Gasteiger partial charge in [0.25, 0.3) is 0 Å². The minimum atomic E-state index is -1.39. The summed E-state index contributed by atoms with van der Waals surface area (Å²) in [5.74, 6) is -1.05. The van der Waals surface area contributed by atoms with Crippen molar-refractivity contribution < 1.29 is 23.2 Å². The number of rotatable bonds is 4. The molecule has 2 saturated heterocycles. The lowest BCUT2D eigenvalue weighted by molar-refractivity contribution is -0.142. The van der Waals surface area contributed by atoms with Crippen molar-refractivity contribution in [3.05, 3.63) is 65.8 Å². The number of carbonyl (C=O) groups excluding carboxylic acids is 3. The third-order valence-electron chi connectivity index (χ3n) is 6.81. The molecule has 33 heavy (non-hydrogen) atoms. The lowest BCUT2D eigenvalue weighted by Gasteiger charge is -2.34. The number of para-hydroxylation sites is 2. The Kier molecular flexibility index (Phi) is 5.23. The van der Waals surface area contributed by atoms with Gasteiger partial charge in [0, 0.05) is 33.0 Å². The standard InChI is InChI=1S/C25H24FN3O4/c1-28-21(30)13-25(24(28)32,17-7-4-8-18(26)12-17)14-22(31)29-11-5-6-16(15-29)23-27-19-9-2-3-10-20(19)33-23/h2-4,7-10,12,16H,5-6,11,13-15H2,1H3/t16-,25+/m1/s1. The van der Waals surface area contributed by atoms with Crippen LogP contribution in [0.3, 0.4) is 0 Å². The SMILES string of the molecule is CN1C(=O)C[C@](CC(=O)N2CCC[C@@H](c3nc4ccccc4o3)C2)(c2cccc(F)c2)C1=O. The van der Waals surface area contributed by atoms with E-state index in [9.17, 15) is 18.8 Å². The van der Waals surface area contributed by atoms with Gasteiger partial charge in [-0.05, 0) is 42.7 Å². The molecule has 3 heterocycles. The molecule has 8 heteroatoms. The Morgan fingerprint density at radius 3 is 2.76 bits per heavy atom. The zero-order valence-corrected chi connectivity index (χ0v) is 18.3. The summed E-state index contributed by atoms with van der Waals surface area (Å²) in [6.45, 7) is 0.968. The normalized spacial score (nSPS) is 23.5. The van der Waals surface area contributed by atoms with E-state index in [1.165, 1.54) is 25.2 Å². The Morgan fingerprint density at radius 2 is 2.03 bits per heavy atom. The molecule has 0 N–H and O–H groups in total. The van der Waals surface area contributed by atoms with Gasteiger partial charge in [0.05, 0.1) is 11.3 Å². The van der Waals surface area contributed by atoms with Gasteiger partial charge in [0.1, 0.15) is 11.3 Å². The zero-order valence-electron chi connectivity index (χ0n) is 18.3. The van der Waals surface area contributed by atoms with Crippen LogP contribution in [0.5, 0.6) is 0 Å². The van der Waals surface area contributed by atoms with Crippen LogP contribution in [0.2, 0.25) is 0 Å². The highest BCUT2D eigenvalue weighted by Gasteiger charge is 2.53. The van der Waals surface area contributed by atoms with Crippen LogP contribution < -0.4 is 0 Å². The molecule has 0 unspecified atom stereocenters. The molecular weight excluding hydrogens is 425 g/mol. The smallest absolute Gasteiger partial charge is 0.240 e. The van der Waals surface area contributed by atoms with Crippen molar-refractivity contribution in [1.82, 2.24) is 14.8 Å². The Morgan fingerprint density at radius 1 is 1.21 bits per heavy atom. The van der Waals surface area contributed by atoms with E-state index in [1.807, 2.05) is 24.3 Å². The number of nitrogens with zero attached hydrogens (tertiary/aromatic N) is 3. The molecule has 1 aromatic heterocycles. The Hall–Kier alpha value is -3.55. The molecule has 0 saturated carbocycles. The van der Waals surface area contributed by atoms with E-state index in [1.54, 1.807) is 11.0 Å². The van der Waals surface area contributed by atoms with Gasteiger partial charge < -0.3 is 9.32 Å². The summed E-state index contributed by atoms with van der Waals surface area (Å²) in [5, 5.41) is 0. The van der Waals surface area contributed by atoms with Crippen LogP contribution in [-0.4, -0.2) is 52.6 Å². The van der Waals surface area contributed by atoms with Crippen LogP contribution in [0.15, 0.2) is 52.9 Å². The highest BCUT2D eigenvalue weighted by atomic mass is 19.1. The van der Waals surface area contributed by atoms with Crippen molar-refractivity contribution >= 4 is 28.8 Å². The van der Waals surface area contributed by atoms with Gasteiger partial charge in [0.2, 0.25) is 17.7 Å². The molecule has 0 bridgehead atoms. The summed E-state index contributed by atoms with van der Waals surface area (Å²) < 4.78 is 19.9. The number of benzene rings is 2. The quantitative estimate of drug-likeness (QED) is 0.570. The van der Waals surface area contributed by atoms with Crippen molar-refractivity contribution in [1.29, 1.82) is 0 Å². The third-order valence-corrected chi connectivity index (χ3v) is 6.81. The van der Waals surface area contributed by atoms with Gasteiger partial charge in [-0.15, -0.1) is 0 Å². The molecule has 2 aliphatic rings. The number of imide groups is 1. The number of carbonyl (C=O) groups is 3. The Balaban J connectivity index is 1.40. The first-order valence-electron chi connectivity index (χ1n) is 11.1. The number of oxazole rings is 1. The number of likely N-dealkylation sites (tertiary alicyclic amines) is 2. The van der Waals surface area contributed by atoms with E-state index in [0.717, 1.165) is 23.3 Å². The summed E-state index contributed by atoms with van der Waals surface area (Å²) in [6.07, 6.45) is 1.27. The van der Waals surface area contributed by atoms with Gasteiger partial charge in [0.15, 0.2) is 11.5 Å². The molecule has 5 rings (SSSR count). The molecule has 3 aromatic rings. The van der Waals surface area contributed by atoms with E-state index >= 15 is 0 Å². The van der Waals surface area contributed by atoms with Crippen LogP contribution in [0.25, 0.3) is 11.1 Å². The number of aromatic nitrogens is 1. The van der Waals surface area contributed by atoms with E-state index in [-0.39, 0.29) is 30.6 Å². The first kappa shape index (κ1) is 21.3. The van der Waals surface area contributed by atoms with Crippen LogP contribution in [-0.2, 0) is 19.8 Å². The number of amides is 3. The zero-order chi connectivity index (χ0) is 23.2. The van der Waals surface area contributed by atoms with Crippen molar-refractivity contribution in [2.45, 2.75) is 37.0 Å². The number of likely N-dealkylation sites (N-methyl/N-ethyl adjacent to an activating group) is 1. The van der Waals surface area contributed by atoms with Gasteiger partial charge in [-0.25, -0.2) is 9.37 Å². The fraction of sp³-hybridized carbons (Fsp3) is 0.360. The average Bonchev–Trinajstić information content (AvgIpc) is 3.35. The minimum absolute atomic E-state index is 0.0520. The first-order chi connectivity index (χ1) is 15.9. The molecule has 2 aromatic carbocycles. The second kappa shape index (κ2) is 8.10. The summed E-state index contributed by atoms with van der Waals surface area (Å²) in [4.78, 5) is 46.3. The number of hydrogen-bond donors (Lipinski definition) is 0. The predicted octanol–water partition coefficient (Wildman–Crippen LogP) is 3.39. The van der Waals surface area contributed by atoms with E-state index in [2.05, 4.69) is 4.98 Å². The molecule has 0 aliphatic carbocycles. The molecule has 0 spiro atoms. The molecule has 2 atom stereocenters. The Labute approximate surface area is 190 Å². The lowest BCUT2D eigenvalue weighted by atomic mass is 9.75. The highest BCUT2D eigenvalue weighted by molar-refractivity contribution is 6.10. The number of fused-ring (bicyclic) bond motifs is 1. The highest BCUT2D eigenvalue weighted by Crippen LogP contribution is 2.40. The monoisotopic (exact) mass is 449 g/mol. The summed E-state index contributed by atoms with van der Waals surface area (Å²) in [7, 11) is 1.40. The second-order valence-electron chi connectivity index (χ2n) is 8.90. The van der Waals surface area contributed by atoms with E-state index in [0.29, 0.717) is 30.1 Å². The summed E-state index contributed by atoms with van der Waals surface area (Å²) in [6, 6.07) is 13.2. The minimum Gasteiger partial charge on any atom is -0.440 e. The van der Waals surface area contributed by atoms with Crippen LogP contribution in [0.1, 0.15) is 43.1 Å². The molecule has 2 fully saturated rings. The predicted molar refractivity (Wildman–Crippen MR) is 118 cm³/mol. The van der Waals surface area contributed by atoms with Crippen molar-refractivity contribution in [2.75, 3.05) is 20.1 Å². The van der Waals surface area contributed by atoms with Gasteiger partial charge in [-0.3, -0.25) is 19.3 Å². The largest absolute Gasteiger partial charge is 0.440 e. The maximum atomic E-state index is 14.0. The van der Waals surface area contributed by atoms with E-state index in [4.69, 9.17) is 4.42 Å². The van der Waals surface area contributed by atoms with Crippen molar-refractivity contribution in [3.8, 4) is 0 Å². The van der Waals surface area contributed by atoms with Crippen molar-refractivity contribution in [3.63, 3.8) is 0 Å². The topological polar surface area (TPSA) is 83.7 Å². The molecule has 7 nitrogen and oxygen atoms in total. The second-order valence-corrected chi connectivity index (χ2v) is 8.90. The van der Waals surface area contributed by atoms with Crippen LogP contribution in [0.4, 0.5) is 4.39 Å². The lowest BCUT2D eigenvalue weighted by Crippen LogP contribution is -2.45. The molecule has 2 aliphatic heterocycles. The summed E-state index contributed by atoms with van der Waals surface area (Å²) >= 11 is 0. The average molecular weight is 449 g/mol. The number of piperidine rings is 1. The molecule has 170 valence electrons. The molecule has 3 amide bonds. The van der Waals surface area contributed by atoms with E-state index < -0.39 is 17.1 Å². The summed E-state index contributed by atoms with van der Waals surface area (Å²) in [5.41, 5.74) is 0.444. The molecule has 0 radical (unpaired) electrons. The number of hydrogen-bond acceptors (Lipinski definition) is 5. The fourth-order valence-electron chi connectivity index (χ4n) is 4.98. The number of halogens is 1. The van der Waals surface area contributed by atoms with Crippen LogP contribution >= 0.6 is 0 Å².